The van der Waals surface area contributed by atoms with Gasteiger partial charge >= 0.3 is 0 Å². The molecule has 3 amide bonds. The Morgan fingerprint density at radius 1 is 1.04 bits per heavy atom. The van der Waals surface area contributed by atoms with Crippen molar-refractivity contribution < 1.29 is 14.4 Å². The molecule has 1 aliphatic heterocycles. The molecular weight excluding hydrogens is 366 g/mol. The van der Waals surface area contributed by atoms with E-state index in [2.05, 4.69) is 10.6 Å². The smallest absolute Gasteiger partial charge is 0.251 e. The summed E-state index contributed by atoms with van der Waals surface area (Å²) >= 11 is 5.80. The highest BCUT2D eigenvalue weighted by molar-refractivity contribution is 6.30. The van der Waals surface area contributed by atoms with Crippen LogP contribution in [0, 0.1) is 0 Å². The molecule has 1 fully saturated rings. The third-order valence-electron chi connectivity index (χ3n) is 4.30. The van der Waals surface area contributed by atoms with Crippen molar-refractivity contribution in [1.29, 1.82) is 0 Å². The summed E-state index contributed by atoms with van der Waals surface area (Å²) in [4.78, 5) is 37.6. The molecule has 3 rings (SSSR count). The van der Waals surface area contributed by atoms with Crippen LogP contribution in [-0.2, 0) is 16.1 Å². The van der Waals surface area contributed by atoms with Gasteiger partial charge in [-0.15, -0.1) is 0 Å². The van der Waals surface area contributed by atoms with Gasteiger partial charge in [0, 0.05) is 35.8 Å². The van der Waals surface area contributed by atoms with Gasteiger partial charge in [-0.05, 0) is 48.4 Å². The second-order valence-corrected chi connectivity index (χ2v) is 6.79. The van der Waals surface area contributed by atoms with Crippen LogP contribution < -0.4 is 10.6 Å². The van der Waals surface area contributed by atoms with Gasteiger partial charge in [-0.1, -0.05) is 23.7 Å². The number of carbonyl (C=O) groups excluding carboxylic acids is 3. The van der Waals surface area contributed by atoms with Crippen molar-refractivity contribution >= 4 is 35.0 Å². The first kappa shape index (κ1) is 18.9. The SMILES string of the molecule is O=C(CNC(=O)c1ccc(CN2CCCC2=O)cc1)Nc1ccc(Cl)cc1. The normalized spacial score (nSPS) is 13.5. The molecule has 7 heteroatoms. The van der Waals surface area contributed by atoms with Crippen molar-refractivity contribution in [2.24, 2.45) is 0 Å². The van der Waals surface area contributed by atoms with Crippen LogP contribution >= 0.6 is 11.6 Å². The summed E-state index contributed by atoms with van der Waals surface area (Å²) < 4.78 is 0. The quantitative estimate of drug-likeness (QED) is 0.802. The van der Waals surface area contributed by atoms with Crippen LogP contribution in [0.3, 0.4) is 0 Å². The molecule has 6 nitrogen and oxygen atoms in total. The van der Waals surface area contributed by atoms with E-state index < -0.39 is 0 Å². The average molecular weight is 386 g/mol. The monoisotopic (exact) mass is 385 g/mol. The van der Waals surface area contributed by atoms with E-state index in [0.29, 0.717) is 29.2 Å². The van der Waals surface area contributed by atoms with Gasteiger partial charge in [0.05, 0.1) is 6.54 Å². The number of benzene rings is 2. The minimum atomic E-state index is -0.329. The van der Waals surface area contributed by atoms with Crippen molar-refractivity contribution in [2.45, 2.75) is 19.4 Å². The Labute approximate surface area is 162 Å². The highest BCUT2D eigenvalue weighted by Crippen LogP contribution is 2.15. The number of carbonyl (C=O) groups is 3. The van der Waals surface area contributed by atoms with Gasteiger partial charge in [0.15, 0.2) is 0 Å². The number of amides is 3. The molecule has 0 aromatic heterocycles. The van der Waals surface area contributed by atoms with E-state index in [9.17, 15) is 14.4 Å². The second-order valence-electron chi connectivity index (χ2n) is 6.35. The topological polar surface area (TPSA) is 78.5 Å². The molecule has 2 aromatic carbocycles. The maximum atomic E-state index is 12.2. The van der Waals surface area contributed by atoms with Gasteiger partial charge in [0.1, 0.15) is 0 Å². The third kappa shape index (κ3) is 5.31. The van der Waals surface area contributed by atoms with Crippen LogP contribution in [0.15, 0.2) is 48.5 Å². The van der Waals surface area contributed by atoms with Crippen molar-refractivity contribution in [2.75, 3.05) is 18.4 Å². The second kappa shape index (κ2) is 8.68. The predicted molar refractivity (Wildman–Crippen MR) is 104 cm³/mol. The molecule has 0 saturated carbocycles. The highest BCUT2D eigenvalue weighted by Gasteiger charge is 2.20. The van der Waals surface area contributed by atoms with Gasteiger partial charge in [0.2, 0.25) is 11.8 Å². The Morgan fingerprint density at radius 2 is 1.74 bits per heavy atom. The Balaban J connectivity index is 1.48. The molecule has 27 heavy (non-hydrogen) atoms. The highest BCUT2D eigenvalue weighted by atomic mass is 35.5. The van der Waals surface area contributed by atoms with Gasteiger partial charge in [-0.25, -0.2) is 0 Å². The number of halogens is 1. The zero-order chi connectivity index (χ0) is 19.2. The first-order chi connectivity index (χ1) is 13.0. The zero-order valence-electron chi connectivity index (χ0n) is 14.7. The predicted octanol–water partition coefficient (Wildman–Crippen LogP) is 2.83. The fraction of sp³-hybridized carbons (Fsp3) is 0.250. The molecule has 0 unspecified atom stereocenters. The summed E-state index contributed by atoms with van der Waals surface area (Å²) in [6.07, 6.45) is 1.51. The number of anilines is 1. The Hall–Kier alpha value is -2.86. The minimum Gasteiger partial charge on any atom is -0.343 e. The maximum Gasteiger partial charge on any atom is 0.251 e. The van der Waals surface area contributed by atoms with Crippen LogP contribution in [0.1, 0.15) is 28.8 Å². The lowest BCUT2D eigenvalue weighted by Gasteiger charge is -2.15. The lowest BCUT2D eigenvalue weighted by atomic mass is 10.1. The summed E-state index contributed by atoms with van der Waals surface area (Å²) in [6, 6.07) is 13.8. The van der Waals surface area contributed by atoms with E-state index in [-0.39, 0.29) is 24.3 Å². The Morgan fingerprint density at radius 3 is 2.37 bits per heavy atom. The number of likely N-dealkylation sites (tertiary alicyclic amines) is 1. The third-order valence-corrected chi connectivity index (χ3v) is 4.55. The van der Waals surface area contributed by atoms with Crippen LogP contribution in [0.5, 0.6) is 0 Å². The summed E-state index contributed by atoms with van der Waals surface area (Å²) in [5.74, 6) is -0.483. The van der Waals surface area contributed by atoms with Crippen molar-refractivity contribution in [1.82, 2.24) is 10.2 Å². The van der Waals surface area contributed by atoms with E-state index in [1.807, 2.05) is 17.0 Å². The molecule has 1 aliphatic rings. The minimum absolute atomic E-state index is 0.133. The first-order valence-electron chi connectivity index (χ1n) is 8.71. The molecule has 1 heterocycles. The number of nitrogens with zero attached hydrogens (tertiary/aromatic N) is 1. The molecule has 2 aromatic rings. The average Bonchev–Trinajstić information content (AvgIpc) is 3.07. The molecule has 0 aliphatic carbocycles. The summed E-state index contributed by atoms with van der Waals surface area (Å²) in [5, 5.41) is 5.85. The molecule has 0 spiro atoms. The molecule has 2 N–H and O–H groups in total. The molecule has 0 radical (unpaired) electrons. The van der Waals surface area contributed by atoms with Crippen LogP contribution in [0.4, 0.5) is 5.69 Å². The largest absolute Gasteiger partial charge is 0.343 e. The van der Waals surface area contributed by atoms with Gasteiger partial charge in [-0.3, -0.25) is 14.4 Å². The van der Waals surface area contributed by atoms with Crippen LogP contribution in [0.2, 0.25) is 5.02 Å². The van der Waals surface area contributed by atoms with Crippen LogP contribution in [-0.4, -0.2) is 35.7 Å². The standard InChI is InChI=1S/C20H20ClN3O3/c21-16-7-9-17(10-8-16)23-18(25)12-22-20(27)15-5-3-14(4-6-15)13-24-11-1-2-19(24)26/h3-10H,1-2,11-13H2,(H,22,27)(H,23,25). The lowest BCUT2D eigenvalue weighted by molar-refractivity contribution is -0.128. The van der Waals surface area contributed by atoms with Crippen LogP contribution in [0.25, 0.3) is 0 Å². The van der Waals surface area contributed by atoms with E-state index in [0.717, 1.165) is 18.5 Å². The maximum absolute atomic E-state index is 12.2. The summed E-state index contributed by atoms with van der Waals surface area (Å²) in [7, 11) is 0. The van der Waals surface area contributed by atoms with Crippen molar-refractivity contribution in [3.05, 3.63) is 64.7 Å². The fourth-order valence-electron chi connectivity index (χ4n) is 2.85. The van der Waals surface area contributed by atoms with E-state index in [1.54, 1.807) is 36.4 Å². The fourth-order valence-corrected chi connectivity index (χ4v) is 2.98. The van der Waals surface area contributed by atoms with E-state index >= 15 is 0 Å². The van der Waals surface area contributed by atoms with E-state index in [4.69, 9.17) is 11.6 Å². The zero-order valence-corrected chi connectivity index (χ0v) is 15.5. The molecule has 0 atom stereocenters. The first-order valence-corrected chi connectivity index (χ1v) is 9.09. The van der Waals surface area contributed by atoms with Gasteiger partial charge in [0.25, 0.3) is 5.91 Å². The number of hydrogen-bond acceptors (Lipinski definition) is 3. The molecule has 140 valence electrons. The number of nitrogens with one attached hydrogen (secondary N) is 2. The Kier molecular flexibility index (Phi) is 6.08. The van der Waals surface area contributed by atoms with Gasteiger partial charge < -0.3 is 15.5 Å². The van der Waals surface area contributed by atoms with Crippen molar-refractivity contribution in [3.63, 3.8) is 0 Å². The summed E-state index contributed by atoms with van der Waals surface area (Å²) in [6.45, 7) is 1.21. The summed E-state index contributed by atoms with van der Waals surface area (Å²) in [5.41, 5.74) is 2.05. The lowest BCUT2D eigenvalue weighted by Crippen LogP contribution is -2.32. The van der Waals surface area contributed by atoms with Crippen molar-refractivity contribution in [3.8, 4) is 0 Å². The van der Waals surface area contributed by atoms with Gasteiger partial charge in [-0.2, -0.15) is 0 Å². The molecule has 0 bridgehead atoms. The van der Waals surface area contributed by atoms with E-state index in [1.165, 1.54) is 0 Å². The molecular formula is C20H20ClN3O3. The molecule has 1 saturated heterocycles. The number of rotatable bonds is 6. The number of hydrogen-bond donors (Lipinski definition) is 2. The Bertz CT molecular complexity index is 835.